The van der Waals surface area contributed by atoms with Crippen LogP contribution in [0.2, 0.25) is 10.0 Å². The molecular weight excluding hydrogens is 327 g/mol. The Hall–Kier alpha value is -1.46. The molecule has 2 amide bonds. The molecule has 1 fully saturated rings. The van der Waals surface area contributed by atoms with E-state index in [0.717, 1.165) is 12.8 Å². The average Bonchev–Trinajstić information content (AvgIpc) is 2.54. The molecule has 22 heavy (non-hydrogen) atoms. The smallest absolute Gasteiger partial charge is 0.409 e. The summed E-state index contributed by atoms with van der Waals surface area (Å²) in [6.45, 7) is 1.84. The molecule has 0 spiro atoms. The van der Waals surface area contributed by atoms with Crippen LogP contribution in [0.15, 0.2) is 18.2 Å². The quantitative estimate of drug-likeness (QED) is 0.915. The molecule has 1 heterocycles. The number of carbonyl (C=O) groups is 2. The van der Waals surface area contributed by atoms with Gasteiger partial charge in [-0.1, -0.05) is 23.2 Å². The Morgan fingerprint density at radius 3 is 2.64 bits per heavy atom. The van der Waals surface area contributed by atoms with Crippen LogP contribution in [0.5, 0.6) is 0 Å². The van der Waals surface area contributed by atoms with E-state index in [1.807, 2.05) is 0 Å². The van der Waals surface area contributed by atoms with Gasteiger partial charge in [0.05, 0.1) is 17.7 Å². The fourth-order valence-corrected chi connectivity index (χ4v) is 2.83. The molecule has 0 aliphatic carbocycles. The second kappa shape index (κ2) is 7.70. The summed E-state index contributed by atoms with van der Waals surface area (Å²) in [6, 6.07) is 4.80. The zero-order valence-electron chi connectivity index (χ0n) is 12.3. The Balaban J connectivity index is 1.83. The first-order chi connectivity index (χ1) is 10.5. The zero-order valence-corrected chi connectivity index (χ0v) is 13.8. The second-order valence-corrected chi connectivity index (χ2v) is 6.08. The molecule has 1 saturated heterocycles. The number of nitrogens with zero attached hydrogens (tertiary/aromatic N) is 1. The molecular formula is C15H18Cl2N2O3. The SMILES string of the molecule is COC(=O)N1CCC(CNC(=O)c2cc(Cl)ccc2Cl)CC1. The van der Waals surface area contributed by atoms with E-state index >= 15 is 0 Å². The van der Waals surface area contributed by atoms with Crippen molar-refractivity contribution in [2.45, 2.75) is 12.8 Å². The third-order valence-electron chi connectivity index (χ3n) is 3.77. The van der Waals surface area contributed by atoms with Gasteiger partial charge in [-0.3, -0.25) is 4.79 Å². The lowest BCUT2D eigenvalue weighted by Crippen LogP contribution is -2.41. The fourth-order valence-electron chi connectivity index (χ4n) is 2.45. The average molecular weight is 345 g/mol. The molecule has 120 valence electrons. The summed E-state index contributed by atoms with van der Waals surface area (Å²) >= 11 is 11.9. The number of amides is 2. The summed E-state index contributed by atoms with van der Waals surface area (Å²) in [7, 11) is 1.38. The van der Waals surface area contributed by atoms with Crippen molar-refractivity contribution in [2.75, 3.05) is 26.7 Å². The summed E-state index contributed by atoms with van der Waals surface area (Å²) in [5.41, 5.74) is 0.376. The van der Waals surface area contributed by atoms with E-state index in [-0.39, 0.29) is 12.0 Å². The zero-order chi connectivity index (χ0) is 16.1. The predicted molar refractivity (Wildman–Crippen MR) is 85.5 cm³/mol. The lowest BCUT2D eigenvalue weighted by molar-refractivity contribution is 0.0914. The molecule has 0 bridgehead atoms. The molecule has 1 aliphatic heterocycles. The summed E-state index contributed by atoms with van der Waals surface area (Å²) in [4.78, 5) is 25.2. The van der Waals surface area contributed by atoms with E-state index in [1.165, 1.54) is 7.11 Å². The summed E-state index contributed by atoms with van der Waals surface area (Å²) in [5.74, 6) is 0.103. The first-order valence-electron chi connectivity index (χ1n) is 7.07. The van der Waals surface area contributed by atoms with Crippen molar-refractivity contribution in [1.29, 1.82) is 0 Å². The van der Waals surface area contributed by atoms with Gasteiger partial charge in [-0.05, 0) is 37.0 Å². The van der Waals surface area contributed by atoms with Crippen LogP contribution in [0.3, 0.4) is 0 Å². The van der Waals surface area contributed by atoms with Crippen molar-refractivity contribution < 1.29 is 14.3 Å². The monoisotopic (exact) mass is 344 g/mol. The summed E-state index contributed by atoms with van der Waals surface area (Å²) in [5, 5.41) is 3.73. The van der Waals surface area contributed by atoms with Crippen LogP contribution in [0, 0.1) is 5.92 Å². The minimum Gasteiger partial charge on any atom is -0.453 e. The van der Waals surface area contributed by atoms with Crippen LogP contribution in [-0.2, 0) is 4.74 Å². The number of hydrogen-bond acceptors (Lipinski definition) is 3. The number of rotatable bonds is 3. The van der Waals surface area contributed by atoms with Crippen molar-refractivity contribution in [2.24, 2.45) is 5.92 Å². The summed E-state index contributed by atoms with van der Waals surface area (Å²) < 4.78 is 4.70. The minimum atomic E-state index is -0.298. The van der Waals surface area contributed by atoms with Gasteiger partial charge in [-0.25, -0.2) is 4.79 Å². The highest BCUT2D eigenvalue weighted by Gasteiger charge is 2.23. The van der Waals surface area contributed by atoms with Gasteiger partial charge in [0.25, 0.3) is 5.91 Å². The van der Waals surface area contributed by atoms with E-state index in [1.54, 1.807) is 23.1 Å². The Morgan fingerprint density at radius 2 is 2.00 bits per heavy atom. The van der Waals surface area contributed by atoms with Gasteiger partial charge in [-0.2, -0.15) is 0 Å². The highest BCUT2D eigenvalue weighted by Crippen LogP contribution is 2.21. The standard InChI is InChI=1S/C15H18Cl2N2O3/c1-22-15(21)19-6-4-10(5-7-19)9-18-14(20)12-8-11(16)2-3-13(12)17/h2-3,8,10H,4-7,9H2,1H3,(H,18,20). The summed E-state index contributed by atoms with van der Waals surface area (Å²) in [6.07, 6.45) is 1.37. The fraction of sp³-hybridized carbons (Fsp3) is 0.467. The van der Waals surface area contributed by atoms with Crippen molar-refractivity contribution in [3.05, 3.63) is 33.8 Å². The maximum atomic E-state index is 12.1. The molecule has 0 atom stereocenters. The van der Waals surface area contributed by atoms with Crippen LogP contribution >= 0.6 is 23.2 Å². The number of piperidine rings is 1. The first kappa shape index (κ1) is 16.9. The molecule has 0 unspecified atom stereocenters. The molecule has 0 aromatic heterocycles. The van der Waals surface area contributed by atoms with E-state index in [2.05, 4.69) is 5.32 Å². The lowest BCUT2D eigenvalue weighted by atomic mass is 9.97. The predicted octanol–water partition coefficient (Wildman–Crippen LogP) is 3.20. The number of carbonyl (C=O) groups excluding carboxylic acids is 2. The lowest BCUT2D eigenvalue weighted by Gasteiger charge is -2.30. The van der Waals surface area contributed by atoms with Crippen LogP contribution in [0.4, 0.5) is 4.79 Å². The minimum absolute atomic E-state index is 0.233. The van der Waals surface area contributed by atoms with Crippen LogP contribution in [-0.4, -0.2) is 43.6 Å². The van der Waals surface area contributed by atoms with Crippen LogP contribution < -0.4 is 5.32 Å². The van der Waals surface area contributed by atoms with Crippen molar-refractivity contribution in [1.82, 2.24) is 10.2 Å². The maximum Gasteiger partial charge on any atom is 0.409 e. The number of methoxy groups -OCH3 is 1. The number of likely N-dealkylation sites (tertiary alicyclic amines) is 1. The van der Waals surface area contributed by atoms with Gasteiger partial charge in [0, 0.05) is 24.7 Å². The molecule has 1 aromatic rings. The third kappa shape index (κ3) is 4.27. The Labute approximate surface area is 139 Å². The number of halogens is 2. The number of nitrogens with one attached hydrogen (secondary N) is 1. The Morgan fingerprint density at radius 1 is 1.32 bits per heavy atom. The number of benzene rings is 1. The van der Waals surface area contributed by atoms with Crippen molar-refractivity contribution in [3.63, 3.8) is 0 Å². The molecule has 1 N–H and O–H groups in total. The Kier molecular flexibility index (Phi) is 5.91. The van der Waals surface area contributed by atoms with Crippen LogP contribution in [0.1, 0.15) is 23.2 Å². The van der Waals surface area contributed by atoms with Gasteiger partial charge in [0.15, 0.2) is 0 Å². The molecule has 0 radical (unpaired) electrons. The molecule has 2 rings (SSSR count). The normalized spacial score (nSPS) is 15.5. The van der Waals surface area contributed by atoms with E-state index in [9.17, 15) is 9.59 Å². The second-order valence-electron chi connectivity index (χ2n) is 5.23. The maximum absolute atomic E-state index is 12.1. The molecule has 1 aliphatic rings. The topological polar surface area (TPSA) is 58.6 Å². The number of hydrogen-bond donors (Lipinski definition) is 1. The van der Waals surface area contributed by atoms with E-state index < -0.39 is 0 Å². The largest absolute Gasteiger partial charge is 0.453 e. The molecule has 7 heteroatoms. The third-order valence-corrected chi connectivity index (χ3v) is 4.34. The molecule has 5 nitrogen and oxygen atoms in total. The van der Waals surface area contributed by atoms with Gasteiger partial charge in [-0.15, -0.1) is 0 Å². The van der Waals surface area contributed by atoms with Crippen molar-refractivity contribution in [3.8, 4) is 0 Å². The molecule has 0 saturated carbocycles. The van der Waals surface area contributed by atoms with E-state index in [4.69, 9.17) is 27.9 Å². The van der Waals surface area contributed by atoms with Gasteiger partial charge < -0.3 is 15.0 Å². The van der Waals surface area contributed by atoms with Gasteiger partial charge >= 0.3 is 6.09 Å². The van der Waals surface area contributed by atoms with E-state index in [0.29, 0.717) is 41.2 Å². The van der Waals surface area contributed by atoms with Crippen molar-refractivity contribution >= 4 is 35.2 Å². The Bertz CT molecular complexity index is 558. The van der Waals surface area contributed by atoms with Gasteiger partial charge in [0.1, 0.15) is 0 Å². The van der Waals surface area contributed by atoms with Gasteiger partial charge in [0.2, 0.25) is 0 Å². The first-order valence-corrected chi connectivity index (χ1v) is 7.83. The molecule has 1 aromatic carbocycles. The highest BCUT2D eigenvalue weighted by molar-refractivity contribution is 6.35. The van der Waals surface area contributed by atoms with Crippen LogP contribution in [0.25, 0.3) is 0 Å². The highest BCUT2D eigenvalue weighted by atomic mass is 35.5. The number of ether oxygens (including phenoxy) is 1.